The quantitative estimate of drug-likeness (QED) is 0.403. The van der Waals surface area contributed by atoms with Crippen molar-refractivity contribution in [2.75, 3.05) is 35.0 Å². The maximum atomic E-state index is 6.96. The summed E-state index contributed by atoms with van der Waals surface area (Å²) in [4.78, 5) is 0. The van der Waals surface area contributed by atoms with Gasteiger partial charge in [0.15, 0.2) is 6.29 Å². The van der Waals surface area contributed by atoms with Crippen LogP contribution in [0.2, 0.25) is 0 Å². The highest BCUT2D eigenvalue weighted by molar-refractivity contribution is 5.47. The molecule has 0 unspecified atom stereocenters. The van der Waals surface area contributed by atoms with E-state index in [1.165, 1.54) is 0 Å². The number of ether oxygens (including phenoxy) is 6. The average molecular weight is 479 g/mol. The molecule has 6 nitrogen and oxygen atoms in total. The standard InChI is InChI=1S/C29H34O6/c1-30-25-24(35-28(33-4)27(32-3)26(25)31-2)20-34-29(21-14-8-5-9-15-21,22-16-10-6-11-17-22)23-18-12-7-13-19-23/h5-19,24-28H,20H2,1-4H3/t24-,25+,26-,27-,28+/m1/s1. The molecular weight excluding hydrogens is 444 g/mol. The molecule has 1 fully saturated rings. The minimum atomic E-state index is -0.866. The lowest BCUT2D eigenvalue weighted by atomic mass is 9.80. The zero-order valence-electron chi connectivity index (χ0n) is 20.7. The maximum absolute atomic E-state index is 6.96. The van der Waals surface area contributed by atoms with Crippen LogP contribution in [0.15, 0.2) is 91.0 Å². The van der Waals surface area contributed by atoms with E-state index in [9.17, 15) is 0 Å². The molecule has 0 radical (unpaired) electrons. The number of hydrogen-bond acceptors (Lipinski definition) is 6. The van der Waals surface area contributed by atoms with Crippen molar-refractivity contribution in [3.63, 3.8) is 0 Å². The lowest BCUT2D eigenvalue weighted by molar-refractivity contribution is -0.310. The summed E-state index contributed by atoms with van der Waals surface area (Å²) in [7, 11) is 6.49. The van der Waals surface area contributed by atoms with E-state index in [1.807, 2.05) is 54.6 Å². The van der Waals surface area contributed by atoms with E-state index in [0.717, 1.165) is 16.7 Å². The van der Waals surface area contributed by atoms with Crippen LogP contribution >= 0.6 is 0 Å². The Kier molecular flexibility index (Phi) is 8.68. The van der Waals surface area contributed by atoms with Crippen molar-refractivity contribution in [2.24, 2.45) is 0 Å². The molecule has 35 heavy (non-hydrogen) atoms. The second-order valence-electron chi connectivity index (χ2n) is 8.47. The Morgan fingerprint density at radius 1 is 0.571 bits per heavy atom. The van der Waals surface area contributed by atoms with E-state index in [-0.39, 0.29) is 6.61 Å². The Labute approximate surface area is 207 Å². The van der Waals surface area contributed by atoms with Gasteiger partial charge in [-0.25, -0.2) is 0 Å². The third-order valence-corrected chi connectivity index (χ3v) is 6.65. The summed E-state index contributed by atoms with van der Waals surface area (Å²) in [6.07, 6.45) is -2.33. The smallest absolute Gasteiger partial charge is 0.186 e. The summed E-state index contributed by atoms with van der Waals surface area (Å²) in [5, 5.41) is 0. The third kappa shape index (κ3) is 5.05. The summed E-state index contributed by atoms with van der Waals surface area (Å²) in [6.45, 7) is 0.230. The minimum Gasteiger partial charge on any atom is -0.376 e. The molecule has 1 saturated heterocycles. The highest BCUT2D eigenvalue weighted by atomic mass is 16.7. The SMILES string of the molecule is CO[C@H]1O[C@H](COC(c2ccccc2)(c2ccccc2)c2ccccc2)[C@H](OC)[C@@H](OC)[C@H]1OC. The van der Waals surface area contributed by atoms with Crippen LogP contribution in [0.3, 0.4) is 0 Å². The predicted octanol–water partition coefficient (Wildman–Crippen LogP) is 4.41. The first-order valence-electron chi connectivity index (χ1n) is 11.8. The van der Waals surface area contributed by atoms with Gasteiger partial charge in [0, 0.05) is 28.4 Å². The first kappa shape index (κ1) is 25.5. The van der Waals surface area contributed by atoms with Gasteiger partial charge in [-0.3, -0.25) is 0 Å². The fraction of sp³-hybridized carbons (Fsp3) is 0.379. The maximum Gasteiger partial charge on any atom is 0.186 e. The van der Waals surface area contributed by atoms with Crippen LogP contribution in [0.4, 0.5) is 0 Å². The van der Waals surface area contributed by atoms with Crippen LogP contribution in [0.1, 0.15) is 16.7 Å². The minimum absolute atomic E-state index is 0.230. The van der Waals surface area contributed by atoms with Crippen molar-refractivity contribution in [3.05, 3.63) is 108 Å². The van der Waals surface area contributed by atoms with Gasteiger partial charge in [0.1, 0.15) is 30.0 Å². The molecule has 186 valence electrons. The highest BCUT2D eigenvalue weighted by Gasteiger charge is 2.48. The molecule has 0 aromatic heterocycles. The van der Waals surface area contributed by atoms with Crippen molar-refractivity contribution < 1.29 is 28.4 Å². The Bertz CT molecular complexity index is 916. The fourth-order valence-electron chi connectivity index (χ4n) is 4.98. The van der Waals surface area contributed by atoms with Gasteiger partial charge in [-0.2, -0.15) is 0 Å². The van der Waals surface area contributed by atoms with Crippen molar-refractivity contribution in [2.45, 2.75) is 36.3 Å². The van der Waals surface area contributed by atoms with Crippen LogP contribution in [-0.4, -0.2) is 65.8 Å². The summed E-state index contributed by atoms with van der Waals surface area (Å²) in [5.41, 5.74) is 2.19. The van der Waals surface area contributed by atoms with E-state index in [2.05, 4.69) is 36.4 Å². The van der Waals surface area contributed by atoms with Crippen molar-refractivity contribution >= 4 is 0 Å². The van der Waals surface area contributed by atoms with Gasteiger partial charge in [0.2, 0.25) is 0 Å². The molecule has 3 aromatic rings. The second kappa shape index (κ2) is 11.9. The monoisotopic (exact) mass is 478 g/mol. The highest BCUT2D eigenvalue weighted by Crippen LogP contribution is 2.41. The lowest BCUT2D eigenvalue weighted by Crippen LogP contribution is -2.61. The van der Waals surface area contributed by atoms with Crippen LogP contribution in [-0.2, 0) is 34.0 Å². The van der Waals surface area contributed by atoms with E-state index in [1.54, 1.807) is 28.4 Å². The van der Waals surface area contributed by atoms with Gasteiger partial charge >= 0.3 is 0 Å². The number of benzene rings is 3. The zero-order valence-corrected chi connectivity index (χ0v) is 20.7. The molecule has 1 heterocycles. The van der Waals surface area contributed by atoms with Gasteiger partial charge in [-0.15, -0.1) is 0 Å². The fourth-order valence-corrected chi connectivity index (χ4v) is 4.98. The molecule has 3 aromatic carbocycles. The number of rotatable bonds is 10. The summed E-state index contributed by atoms with van der Waals surface area (Å²) in [6, 6.07) is 30.7. The van der Waals surface area contributed by atoms with E-state index in [0.29, 0.717) is 0 Å². The van der Waals surface area contributed by atoms with E-state index < -0.39 is 36.3 Å². The third-order valence-electron chi connectivity index (χ3n) is 6.65. The first-order chi connectivity index (χ1) is 17.2. The van der Waals surface area contributed by atoms with Gasteiger partial charge in [0.05, 0.1) is 6.61 Å². The Hall–Kier alpha value is -2.58. The van der Waals surface area contributed by atoms with Gasteiger partial charge in [-0.1, -0.05) is 91.0 Å². The Morgan fingerprint density at radius 3 is 1.37 bits per heavy atom. The normalized spacial score (nSPS) is 24.9. The molecule has 0 spiro atoms. The van der Waals surface area contributed by atoms with Crippen molar-refractivity contribution in [3.8, 4) is 0 Å². The van der Waals surface area contributed by atoms with Gasteiger partial charge in [-0.05, 0) is 16.7 Å². The molecular formula is C29H34O6. The summed E-state index contributed by atoms with van der Waals surface area (Å²) >= 11 is 0. The molecule has 0 aliphatic carbocycles. The average Bonchev–Trinajstić information content (AvgIpc) is 2.94. The van der Waals surface area contributed by atoms with Crippen LogP contribution in [0.5, 0.6) is 0 Å². The molecule has 6 heteroatoms. The number of methoxy groups -OCH3 is 4. The molecule has 0 N–H and O–H groups in total. The molecule has 4 rings (SSSR count). The predicted molar refractivity (Wildman–Crippen MR) is 133 cm³/mol. The molecule has 0 amide bonds. The molecule has 0 bridgehead atoms. The largest absolute Gasteiger partial charge is 0.376 e. The topological polar surface area (TPSA) is 55.4 Å². The lowest BCUT2D eigenvalue weighted by Gasteiger charge is -2.45. The Balaban J connectivity index is 1.77. The van der Waals surface area contributed by atoms with Crippen LogP contribution in [0, 0.1) is 0 Å². The molecule has 5 atom stereocenters. The van der Waals surface area contributed by atoms with E-state index >= 15 is 0 Å². The first-order valence-corrected chi connectivity index (χ1v) is 11.8. The van der Waals surface area contributed by atoms with Gasteiger partial charge in [0.25, 0.3) is 0 Å². The van der Waals surface area contributed by atoms with Crippen LogP contribution in [0.25, 0.3) is 0 Å². The van der Waals surface area contributed by atoms with Crippen molar-refractivity contribution in [1.82, 2.24) is 0 Å². The second-order valence-corrected chi connectivity index (χ2v) is 8.47. The van der Waals surface area contributed by atoms with Crippen molar-refractivity contribution in [1.29, 1.82) is 0 Å². The Morgan fingerprint density at radius 2 is 1.00 bits per heavy atom. The van der Waals surface area contributed by atoms with E-state index in [4.69, 9.17) is 28.4 Å². The summed E-state index contributed by atoms with van der Waals surface area (Å²) in [5.74, 6) is 0. The van der Waals surface area contributed by atoms with Gasteiger partial charge < -0.3 is 28.4 Å². The molecule has 1 aliphatic heterocycles. The zero-order chi connectivity index (χ0) is 24.7. The van der Waals surface area contributed by atoms with Crippen LogP contribution < -0.4 is 0 Å². The molecule has 1 aliphatic rings. The summed E-state index contributed by atoms with van der Waals surface area (Å²) < 4.78 is 36.1. The number of hydrogen-bond donors (Lipinski definition) is 0. The molecule has 0 saturated carbocycles.